The molecule has 1 amide bonds. The lowest BCUT2D eigenvalue weighted by Crippen LogP contribution is -2.07. The standard InChI is InChI=1S/C20H16ClNO/c1-14(23)22-20-13-17(15-5-3-2-4-6-15)9-12-19(20)16-7-10-18(21)11-8-16/h2-13H,1H3,(H,22,23). The fourth-order valence-electron chi connectivity index (χ4n) is 2.53. The Morgan fingerprint density at radius 1 is 0.826 bits per heavy atom. The van der Waals surface area contributed by atoms with Gasteiger partial charge in [0.15, 0.2) is 0 Å². The summed E-state index contributed by atoms with van der Waals surface area (Å²) in [6, 6.07) is 23.8. The fourth-order valence-corrected chi connectivity index (χ4v) is 2.65. The molecular weight excluding hydrogens is 306 g/mol. The van der Waals surface area contributed by atoms with Crippen molar-refractivity contribution in [1.82, 2.24) is 0 Å². The normalized spacial score (nSPS) is 10.3. The molecular formula is C20H16ClNO. The molecule has 2 nitrogen and oxygen atoms in total. The summed E-state index contributed by atoms with van der Waals surface area (Å²) in [6.45, 7) is 1.51. The molecule has 0 saturated heterocycles. The van der Waals surface area contributed by atoms with Crippen molar-refractivity contribution in [3.8, 4) is 22.3 Å². The molecule has 0 bridgehead atoms. The molecule has 0 aliphatic carbocycles. The van der Waals surface area contributed by atoms with Crippen LogP contribution in [0.2, 0.25) is 5.02 Å². The van der Waals surface area contributed by atoms with Crippen LogP contribution in [0.1, 0.15) is 6.92 Å². The monoisotopic (exact) mass is 321 g/mol. The number of hydrogen-bond acceptors (Lipinski definition) is 1. The first-order chi connectivity index (χ1) is 11.1. The van der Waals surface area contributed by atoms with Crippen molar-refractivity contribution in [1.29, 1.82) is 0 Å². The van der Waals surface area contributed by atoms with Crippen molar-refractivity contribution in [2.24, 2.45) is 0 Å². The number of carbonyl (C=O) groups is 1. The lowest BCUT2D eigenvalue weighted by molar-refractivity contribution is -0.114. The summed E-state index contributed by atoms with van der Waals surface area (Å²) >= 11 is 5.96. The molecule has 0 aliphatic rings. The molecule has 0 heterocycles. The summed E-state index contributed by atoms with van der Waals surface area (Å²) in [7, 11) is 0. The van der Waals surface area contributed by atoms with E-state index in [1.807, 2.05) is 54.6 Å². The van der Waals surface area contributed by atoms with Crippen LogP contribution in [0.4, 0.5) is 5.69 Å². The third kappa shape index (κ3) is 3.61. The zero-order valence-electron chi connectivity index (χ0n) is 12.7. The minimum atomic E-state index is -0.0922. The molecule has 0 atom stereocenters. The summed E-state index contributed by atoms with van der Waals surface area (Å²) < 4.78 is 0. The Morgan fingerprint density at radius 2 is 1.48 bits per heavy atom. The average molecular weight is 322 g/mol. The Kier molecular flexibility index (Phi) is 4.45. The van der Waals surface area contributed by atoms with Gasteiger partial charge in [-0.05, 0) is 34.9 Å². The Balaban J connectivity index is 2.09. The van der Waals surface area contributed by atoms with Crippen molar-refractivity contribution >= 4 is 23.2 Å². The second-order valence-corrected chi connectivity index (χ2v) is 5.75. The van der Waals surface area contributed by atoms with Crippen molar-refractivity contribution < 1.29 is 4.79 Å². The van der Waals surface area contributed by atoms with Crippen LogP contribution in [-0.4, -0.2) is 5.91 Å². The number of hydrogen-bond donors (Lipinski definition) is 1. The van der Waals surface area contributed by atoms with Crippen LogP contribution in [0.5, 0.6) is 0 Å². The van der Waals surface area contributed by atoms with Gasteiger partial charge in [-0.2, -0.15) is 0 Å². The van der Waals surface area contributed by atoms with E-state index in [0.717, 1.165) is 27.9 Å². The van der Waals surface area contributed by atoms with Gasteiger partial charge in [-0.1, -0.05) is 66.2 Å². The first kappa shape index (κ1) is 15.3. The van der Waals surface area contributed by atoms with Gasteiger partial charge in [0.25, 0.3) is 0 Å². The molecule has 3 aromatic rings. The second-order valence-electron chi connectivity index (χ2n) is 5.31. The largest absolute Gasteiger partial charge is 0.326 e. The quantitative estimate of drug-likeness (QED) is 0.665. The Hall–Kier alpha value is -2.58. The number of rotatable bonds is 3. The molecule has 0 spiro atoms. The van der Waals surface area contributed by atoms with Gasteiger partial charge in [0.1, 0.15) is 0 Å². The molecule has 3 rings (SSSR count). The summed E-state index contributed by atoms with van der Waals surface area (Å²) in [5.74, 6) is -0.0922. The highest BCUT2D eigenvalue weighted by Gasteiger charge is 2.09. The molecule has 114 valence electrons. The zero-order chi connectivity index (χ0) is 16.2. The summed E-state index contributed by atoms with van der Waals surface area (Å²) in [6.07, 6.45) is 0. The van der Waals surface area contributed by atoms with Gasteiger partial charge in [-0.3, -0.25) is 4.79 Å². The molecule has 3 aromatic carbocycles. The van der Waals surface area contributed by atoms with Crippen LogP contribution in [0.15, 0.2) is 72.8 Å². The first-order valence-corrected chi connectivity index (χ1v) is 7.74. The van der Waals surface area contributed by atoms with Crippen LogP contribution < -0.4 is 5.32 Å². The first-order valence-electron chi connectivity index (χ1n) is 7.36. The molecule has 23 heavy (non-hydrogen) atoms. The molecule has 3 heteroatoms. The van der Waals surface area contributed by atoms with Gasteiger partial charge < -0.3 is 5.32 Å². The maximum absolute atomic E-state index is 11.6. The van der Waals surface area contributed by atoms with Crippen LogP contribution in [0, 0.1) is 0 Å². The number of anilines is 1. The summed E-state index contributed by atoms with van der Waals surface area (Å²) in [4.78, 5) is 11.6. The topological polar surface area (TPSA) is 29.1 Å². The molecule has 0 aromatic heterocycles. The van der Waals surface area contributed by atoms with Crippen LogP contribution in [-0.2, 0) is 4.79 Å². The number of amides is 1. The minimum Gasteiger partial charge on any atom is -0.326 e. The van der Waals surface area contributed by atoms with Gasteiger partial charge in [-0.15, -0.1) is 0 Å². The lowest BCUT2D eigenvalue weighted by atomic mass is 9.98. The maximum atomic E-state index is 11.6. The van der Waals surface area contributed by atoms with E-state index in [2.05, 4.69) is 23.5 Å². The second kappa shape index (κ2) is 6.67. The average Bonchev–Trinajstić information content (AvgIpc) is 2.56. The predicted molar refractivity (Wildman–Crippen MR) is 96.6 cm³/mol. The van der Waals surface area contributed by atoms with E-state index in [-0.39, 0.29) is 5.91 Å². The van der Waals surface area contributed by atoms with Crippen molar-refractivity contribution in [3.05, 3.63) is 77.8 Å². The molecule has 1 N–H and O–H groups in total. The van der Waals surface area contributed by atoms with Gasteiger partial charge in [0, 0.05) is 23.2 Å². The number of carbonyl (C=O) groups excluding carboxylic acids is 1. The van der Waals surface area contributed by atoms with Crippen LogP contribution in [0.3, 0.4) is 0 Å². The van der Waals surface area contributed by atoms with E-state index in [1.54, 1.807) is 0 Å². The van der Waals surface area contributed by atoms with Gasteiger partial charge in [0.2, 0.25) is 5.91 Å². The molecule has 0 saturated carbocycles. The maximum Gasteiger partial charge on any atom is 0.221 e. The Morgan fingerprint density at radius 3 is 2.13 bits per heavy atom. The molecule has 0 radical (unpaired) electrons. The van der Waals surface area contributed by atoms with E-state index in [0.29, 0.717) is 5.02 Å². The van der Waals surface area contributed by atoms with Gasteiger partial charge >= 0.3 is 0 Å². The Labute approximate surface area is 140 Å². The van der Waals surface area contributed by atoms with E-state index < -0.39 is 0 Å². The minimum absolute atomic E-state index is 0.0922. The fraction of sp³-hybridized carbons (Fsp3) is 0.0500. The number of halogens is 1. The molecule has 0 unspecified atom stereocenters. The van der Waals surface area contributed by atoms with Crippen LogP contribution in [0.25, 0.3) is 22.3 Å². The molecule has 0 fully saturated rings. The predicted octanol–water partition coefficient (Wildman–Crippen LogP) is 5.63. The highest BCUT2D eigenvalue weighted by Crippen LogP contribution is 2.33. The third-order valence-electron chi connectivity index (χ3n) is 3.59. The SMILES string of the molecule is CC(=O)Nc1cc(-c2ccccc2)ccc1-c1ccc(Cl)cc1. The van der Waals surface area contributed by atoms with E-state index in [4.69, 9.17) is 11.6 Å². The highest BCUT2D eigenvalue weighted by atomic mass is 35.5. The summed E-state index contributed by atoms with van der Waals surface area (Å²) in [5, 5.41) is 3.62. The van der Waals surface area contributed by atoms with Crippen LogP contribution >= 0.6 is 11.6 Å². The van der Waals surface area contributed by atoms with Gasteiger partial charge in [0.05, 0.1) is 0 Å². The highest BCUT2D eigenvalue weighted by molar-refractivity contribution is 6.30. The van der Waals surface area contributed by atoms with E-state index in [9.17, 15) is 4.79 Å². The summed E-state index contributed by atoms with van der Waals surface area (Å²) in [5.41, 5.74) is 4.95. The van der Waals surface area contributed by atoms with Crippen molar-refractivity contribution in [2.75, 3.05) is 5.32 Å². The van der Waals surface area contributed by atoms with E-state index >= 15 is 0 Å². The third-order valence-corrected chi connectivity index (χ3v) is 3.84. The Bertz CT molecular complexity index is 826. The smallest absolute Gasteiger partial charge is 0.221 e. The van der Waals surface area contributed by atoms with Gasteiger partial charge in [-0.25, -0.2) is 0 Å². The number of benzene rings is 3. The van der Waals surface area contributed by atoms with Crippen molar-refractivity contribution in [2.45, 2.75) is 6.92 Å². The lowest BCUT2D eigenvalue weighted by Gasteiger charge is -2.13. The molecule has 0 aliphatic heterocycles. The number of nitrogens with one attached hydrogen (secondary N) is 1. The van der Waals surface area contributed by atoms with Crippen molar-refractivity contribution in [3.63, 3.8) is 0 Å². The van der Waals surface area contributed by atoms with E-state index in [1.165, 1.54) is 6.92 Å². The zero-order valence-corrected chi connectivity index (χ0v) is 13.5.